The summed E-state index contributed by atoms with van der Waals surface area (Å²) < 4.78 is 6.00. The van der Waals surface area contributed by atoms with Crippen LogP contribution >= 0.6 is 0 Å². The lowest BCUT2D eigenvalue weighted by molar-refractivity contribution is -0.126. The number of hydrogen-bond donors (Lipinski definition) is 1. The third-order valence-electron chi connectivity index (χ3n) is 3.81. The van der Waals surface area contributed by atoms with Gasteiger partial charge in [0.2, 0.25) is 6.10 Å². The average molecular weight is 310 g/mol. The molecule has 4 nitrogen and oxygen atoms in total. The van der Waals surface area contributed by atoms with Crippen LogP contribution in [-0.2, 0) is 4.79 Å². The normalized spacial score (nSPS) is 17.7. The number of aryl methyl sites for hydroxylation is 1. The molecule has 3 rings (SSSR count). The van der Waals surface area contributed by atoms with Crippen LogP contribution in [0.3, 0.4) is 0 Å². The van der Waals surface area contributed by atoms with Gasteiger partial charge in [-0.25, -0.2) is 0 Å². The molecule has 1 unspecified atom stereocenters. The number of ether oxygens (including phenoxy) is 1. The van der Waals surface area contributed by atoms with Crippen LogP contribution in [-0.4, -0.2) is 18.0 Å². The van der Waals surface area contributed by atoms with Gasteiger partial charge in [0.05, 0.1) is 5.69 Å². The summed E-state index contributed by atoms with van der Waals surface area (Å²) in [5, 5.41) is 0. The van der Waals surface area contributed by atoms with Gasteiger partial charge in [-0.05, 0) is 38.5 Å². The molecule has 0 radical (unpaired) electrons. The van der Waals surface area contributed by atoms with E-state index in [0.29, 0.717) is 12.3 Å². The topological polar surface area (TPSA) is 55.6 Å². The Morgan fingerprint density at radius 2 is 1.87 bits per heavy atom. The van der Waals surface area contributed by atoms with Gasteiger partial charge in [-0.2, -0.15) is 0 Å². The highest BCUT2D eigenvalue weighted by Crippen LogP contribution is 2.39. The number of rotatable bonds is 3. The van der Waals surface area contributed by atoms with Crippen molar-refractivity contribution in [2.75, 3.05) is 11.4 Å². The maximum atomic E-state index is 13.0. The zero-order chi connectivity index (χ0) is 16.6. The Morgan fingerprint density at radius 3 is 2.52 bits per heavy atom. The van der Waals surface area contributed by atoms with Gasteiger partial charge in [0.1, 0.15) is 5.75 Å². The van der Waals surface area contributed by atoms with Gasteiger partial charge in [0.15, 0.2) is 0 Å². The minimum absolute atomic E-state index is 0.0761. The molecule has 0 saturated heterocycles. The van der Waals surface area contributed by atoms with E-state index in [1.165, 1.54) is 0 Å². The standard InChI is InChI=1S/C19H22N2O2/c1-13-9-10-16-15(11-13)21(12-19(2,3)20)18(22)17(23-16)14-7-5-4-6-8-14/h4-11,17H,12,20H2,1-3H3. The summed E-state index contributed by atoms with van der Waals surface area (Å²) in [5.74, 6) is 0.640. The van der Waals surface area contributed by atoms with E-state index in [9.17, 15) is 4.79 Å². The Morgan fingerprint density at radius 1 is 1.17 bits per heavy atom. The highest BCUT2D eigenvalue weighted by molar-refractivity contribution is 6.00. The molecule has 1 amide bonds. The minimum atomic E-state index is -0.631. The largest absolute Gasteiger partial charge is 0.474 e. The van der Waals surface area contributed by atoms with E-state index in [0.717, 1.165) is 16.8 Å². The van der Waals surface area contributed by atoms with Crippen LogP contribution in [0.1, 0.15) is 31.1 Å². The molecule has 4 heteroatoms. The summed E-state index contributed by atoms with van der Waals surface area (Å²) in [4.78, 5) is 14.8. The van der Waals surface area contributed by atoms with Gasteiger partial charge in [-0.1, -0.05) is 36.4 Å². The molecule has 1 heterocycles. The fourth-order valence-electron chi connectivity index (χ4n) is 2.78. The first kappa shape index (κ1) is 15.6. The third kappa shape index (κ3) is 3.22. The van der Waals surface area contributed by atoms with Gasteiger partial charge in [0.25, 0.3) is 5.91 Å². The molecule has 0 aliphatic carbocycles. The molecule has 2 N–H and O–H groups in total. The van der Waals surface area contributed by atoms with E-state index in [2.05, 4.69) is 0 Å². The lowest BCUT2D eigenvalue weighted by atomic mass is 10.0. The Kier molecular flexibility index (Phi) is 3.86. The number of carbonyl (C=O) groups is 1. The fraction of sp³-hybridized carbons (Fsp3) is 0.316. The predicted molar refractivity (Wildman–Crippen MR) is 91.6 cm³/mol. The van der Waals surface area contributed by atoms with Gasteiger partial charge in [-0.3, -0.25) is 4.79 Å². The van der Waals surface area contributed by atoms with Gasteiger partial charge >= 0.3 is 0 Å². The highest BCUT2D eigenvalue weighted by atomic mass is 16.5. The zero-order valence-corrected chi connectivity index (χ0v) is 13.7. The molecule has 1 aliphatic heterocycles. The highest BCUT2D eigenvalue weighted by Gasteiger charge is 2.37. The van der Waals surface area contributed by atoms with E-state index in [1.54, 1.807) is 4.90 Å². The molecule has 120 valence electrons. The summed E-state index contributed by atoms with van der Waals surface area (Å²) in [5.41, 5.74) is 8.41. The summed E-state index contributed by atoms with van der Waals surface area (Å²) in [6.07, 6.45) is -0.631. The van der Waals surface area contributed by atoms with Crippen LogP contribution in [0.2, 0.25) is 0 Å². The Bertz CT molecular complexity index is 720. The molecule has 2 aromatic carbocycles. The number of fused-ring (bicyclic) bond motifs is 1. The van der Waals surface area contributed by atoms with Crippen molar-refractivity contribution in [3.8, 4) is 5.75 Å². The van der Waals surface area contributed by atoms with Crippen LogP contribution in [0.15, 0.2) is 48.5 Å². The molecule has 0 spiro atoms. The van der Waals surface area contributed by atoms with Crippen LogP contribution < -0.4 is 15.4 Å². The number of anilines is 1. The van der Waals surface area contributed by atoms with Crippen molar-refractivity contribution in [2.45, 2.75) is 32.4 Å². The Balaban J connectivity index is 2.06. The van der Waals surface area contributed by atoms with Crippen molar-refractivity contribution in [3.05, 3.63) is 59.7 Å². The third-order valence-corrected chi connectivity index (χ3v) is 3.81. The molecular formula is C19H22N2O2. The first-order valence-electron chi connectivity index (χ1n) is 7.78. The predicted octanol–water partition coefficient (Wildman–Crippen LogP) is 3.20. The number of nitrogens with two attached hydrogens (primary N) is 1. The number of amides is 1. The average Bonchev–Trinajstić information content (AvgIpc) is 2.50. The van der Waals surface area contributed by atoms with Crippen LogP contribution in [0.4, 0.5) is 5.69 Å². The van der Waals surface area contributed by atoms with Crippen molar-refractivity contribution in [1.82, 2.24) is 0 Å². The van der Waals surface area contributed by atoms with E-state index in [-0.39, 0.29) is 5.91 Å². The zero-order valence-electron chi connectivity index (χ0n) is 13.7. The summed E-state index contributed by atoms with van der Waals surface area (Å²) in [6.45, 7) is 6.28. The summed E-state index contributed by atoms with van der Waals surface area (Å²) in [6, 6.07) is 15.4. The SMILES string of the molecule is Cc1ccc2c(c1)N(CC(C)(C)N)C(=O)C(c1ccccc1)O2. The quantitative estimate of drug-likeness (QED) is 0.947. The van der Waals surface area contributed by atoms with Crippen molar-refractivity contribution in [3.63, 3.8) is 0 Å². The van der Waals surface area contributed by atoms with Crippen LogP contribution in [0.25, 0.3) is 0 Å². The van der Waals surface area contributed by atoms with E-state index >= 15 is 0 Å². The van der Waals surface area contributed by atoms with E-state index in [4.69, 9.17) is 10.5 Å². The maximum Gasteiger partial charge on any atom is 0.272 e. The van der Waals surface area contributed by atoms with Crippen LogP contribution in [0.5, 0.6) is 5.75 Å². The van der Waals surface area contributed by atoms with Crippen LogP contribution in [0, 0.1) is 6.92 Å². The van der Waals surface area contributed by atoms with Gasteiger partial charge in [-0.15, -0.1) is 0 Å². The Hall–Kier alpha value is -2.33. The first-order chi connectivity index (χ1) is 10.8. The second kappa shape index (κ2) is 5.70. The maximum absolute atomic E-state index is 13.0. The molecule has 2 aromatic rings. The lowest BCUT2D eigenvalue weighted by Gasteiger charge is -2.38. The molecular weight excluding hydrogens is 288 g/mol. The van der Waals surface area contributed by atoms with E-state index in [1.807, 2.05) is 69.3 Å². The molecule has 23 heavy (non-hydrogen) atoms. The number of nitrogens with zero attached hydrogens (tertiary/aromatic N) is 1. The molecule has 0 saturated carbocycles. The molecule has 0 aromatic heterocycles. The second-order valence-corrected chi connectivity index (χ2v) is 6.79. The number of hydrogen-bond acceptors (Lipinski definition) is 3. The smallest absolute Gasteiger partial charge is 0.272 e. The lowest BCUT2D eigenvalue weighted by Crippen LogP contribution is -2.51. The minimum Gasteiger partial charge on any atom is -0.474 e. The molecule has 1 aliphatic rings. The Labute approximate surface area is 136 Å². The monoisotopic (exact) mass is 310 g/mol. The van der Waals surface area contributed by atoms with Crippen molar-refractivity contribution in [2.24, 2.45) is 5.73 Å². The van der Waals surface area contributed by atoms with Crippen molar-refractivity contribution < 1.29 is 9.53 Å². The second-order valence-electron chi connectivity index (χ2n) is 6.79. The van der Waals surface area contributed by atoms with Gasteiger partial charge in [0, 0.05) is 17.6 Å². The number of carbonyl (C=O) groups excluding carboxylic acids is 1. The van der Waals surface area contributed by atoms with Crippen molar-refractivity contribution in [1.29, 1.82) is 0 Å². The summed E-state index contributed by atoms with van der Waals surface area (Å²) in [7, 11) is 0. The molecule has 1 atom stereocenters. The summed E-state index contributed by atoms with van der Waals surface area (Å²) >= 11 is 0. The fourth-order valence-corrected chi connectivity index (χ4v) is 2.78. The van der Waals surface area contributed by atoms with Gasteiger partial charge < -0.3 is 15.4 Å². The van der Waals surface area contributed by atoms with E-state index < -0.39 is 11.6 Å². The number of benzene rings is 2. The molecule has 0 bridgehead atoms. The van der Waals surface area contributed by atoms with Crippen molar-refractivity contribution >= 4 is 11.6 Å². The molecule has 0 fully saturated rings. The first-order valence-corrected chi connectivity index (χ1v) is 7.78.